The Kier molecular flexibility index (Phi) is 8.19. The number of hydrogen-bond donors (Lipinski definition) is 0. The topological polar surface area (TPSA) is 16.4 Å². The molecule has 0 saturated carbocycles. The van der Waals surface area contributed by atoms with E-state index in [1.54, 1.807) is 0 Å². The number of furan rings is 1. The van der Waals surface area contributed by atoms with Gasteiger partial charge in [0.1, 0.15) is 11.2 Å². The predicted octanol–water partition coefficient (Wildman–Crippen LogP) is 16.0. The van der Waals surface area contributed by atoms with E-state index in [2.05, 4.69) is 217 Å². The van der Waals surface area contributed by atoms with Gasteiger partial charge in [-0.2, -0.15) is 0 Å². The van der Waals surface area contributed by atoms with Crippen molar-refractivity contribution in [3.63, 3.8) is 0 Å². The molecule has 0 fully saturated rings. The number of para-hydroxylation sites is 1. The summed E-state index contributed by atoms with van der Waals surface area (Å²) in [6.07, 6.45) is 0. The first-order valence-corrected chi connectivity index (χ1v) is 19.8. The van der Waals surface area contributed by atoms with E-state index < -0.39 is 0 Å². The van der Waals surface area contributed by atoms with Crippen LogP contribution < -0.4 is 4.90 Å². The van der Waals surface area contributed by atoms with Crippen LogP contribution in [0.3, 0.4) is 0 Å². The van der Waals surface area contributed by atoms with Crippen molar-refractivity contribution in [2.24, 2.45) is 0 Å². The molecule has 10 aromatic carbocycles. The van der Waals surface area contributed by atoms with Gasteiger partial charge in [-0.3, -0.25) is 0 Å². The molecule has 0 radical (unpaired) electrons. The molecule has 0 amide bonds. The fourth-order valence-electron chi connectivity index (χ4n) is 8.65. The van der Waals surface area contributed by atoms with Gasteiger partial charge in [0.05, 0.1) is 0 Å². The van der Waals surface area contributed by atoms with Crippen molar-refractivity contribution in [1.29, 1.82) is 0 Å². The maximum Gasteiger partial charge on any atom is 0.135 e. The number of benzene rings is 10. The normalized spacial score (nSPS) is 11.4. The number of rotatable bonds is 7. The Morgan fingerprint density at radius 3 is 1.57 bits per heavy atom. The molecule has 0 aliphatic carbocycles. The second-order valence-electron chi connectivity index (χ2n) is 14.9. The van der Waals surface area contributed by atoms with Crippen LogP contribution in [-0.2, 0) is 0 Å². The maximum atomic E-state index is 6.17. The first-order valence-electron chi connectivity index (χ1n) is 19.8. The van der Waals surface area contributed by atoms with Crippen LogP contribution in [0.2, 0.25) is 0 Å². The summed E-state index contributed by atoms with van der Waals surface area (Å²) in [7, 11) is 0. The Hall–Kier alpha value is -7.68. The Labute approximate surface area is 337 Å². The molecule has 0 N–H and O–H groups in total. The van der Waals surface area contributed by atoms with Gasteiger partial charge in [0, 0.05) is 27.8 Å². The molecule has 11 aromatic rings. The van der Waals surface area contributed by atoms with Crippen LogP contribution in [0.4, 0.5) is 17.1 Å². The SMILES string of the molecule is c1ccc(-c2ccccc2-c2ccc(N(c3ccc(-c4cccc5c4ccc4ccccc45)cc3)c3cccc(-c4ccc5oc6ccccc6c5c4)c3)cc2)cc1. The van der Waals surface area contributed by atoms with Crippen molar-refractivity contribution >= 4 is 60.5 Å². The lowest BCUT2D eigenvalue weighted by Gasteiger charge is -2.26. The van der Waals surface area contributed by atoms with Crippen LogP contribution in [0.5, 0.6) is 0 Å². The molecule has 0 aliphatic rings. The fraction of sp³-hybridized carbons (Fsp3) is 0. The number of hydrogen-bond acceptors (Lipinski definition) is 2. The zero-order valence-corrected chi connectivity index (χ0v) is 31.7. The third-order valence-corrected chi connectivity index (χ3v) is 11.5. The molecule has 0 atom stereocenters. The average Bonchev–Trinajstić information content (AvgIpc) is 3.68. The first kappa shape index (κ1) is 33.6. The van der Waals surface area contributed by atoms with Crippen molar-refractivity contribution in [2.75, 3.05) is 4.90 Å². The number of anilines is 3. The van der Waals surface area contributed by atoms with Crippen LogP contribution >= 0.6 is 0 Å². The Morgan fingerprint density at radius 2 is 0.793 bits per heavy atom. The molecular formula is C56H37NO. The molecule has 0 saturated heterocycles. The van der Waals surface area contributed by atoms with Crippen molar-refractivity contribution in [1.82, 2.24) is 0 Å². The Morgan fingerprint density at radius 1 is 0.259 bits per heavy atom. The molecule has 272 valence electrons. The zero-order valence-electron chi connectivity index (χ0n) is 31.7. The third kappa shape index (κ3) is 5.91. The van der Waals surface area contributed by atoms with Crippen LogP contribution in [0.15, 0.2) is 229 Å². The summed E-state index contributed by atoms with van der Waals surface area (Å²) in [6, 6.07) is 80.7. The van der Waals surface area contributed by atoms with E-state index >= 15 is 0 Å². The highest BCUT2D eigenvalue weighted by molar-refractivity contribution is 6.12. The average molecular weight is 740 g/mol. The minimum Gasteiger partial charge on any atom is -0.456 e. The largest absolute Gasteiger partial charge is 0.456 e. The van der Waals surface area contributed by atoms with Crippen LogP contribution in [0, 0.1) is 0 Å². The zero-order chi connectivity index (χ0) is 38.4. The van der Waals surface area contributed by atoms with Gasteiger partial charge in [0.15, 0.2) is 0 Å². The molecule has 1 aromatic heterocycles. The second kappa shape index (κ2) is 14.1. The van der Waals surface area contributed by atoms with Gasteiger partial charge in [-0.15, -0.1) is 0 Å². The van der Waals surface area contributed by atoms with Crippen molar-refractivity contribution in [3.8, 4) is 44.5 Å². The summed E-state index contributed by atoms with van der Waals surface area (Å²) >= 11 is 0. The monoisotopic (exact) mass is 739 g/mol. The summed E-state index contributed by atoms with van der Waals surface area (Å²) < 4.78 is 6.17. The summed E-state index contributed by atoms with van der Waals surface area (Å²) in [5.41, 5.74) is 14.6. The highest BCUT2D eigenvalue weighted by atomic mass is 16.3. The van der Waals surface area contributed by atoms with Gasteiger partial charge in [-0.05, 0) is 121 Å². The van der Waals surface area contributed by atoms with E-state index in [1.807, 2.05) is 12.1 Å². The predicted molar refractivity (Wildman–Crippen MR) is 245 cm³/mol. The summed E-state index contributed by atoms with van der Waals surface area (Å²) in [5.74, 6) is 0. The first-order chi connectivity index (χ1) is 28.7. The smallest absolute Gasteiger partial charge is 0.135 e. The van der Waals surface area contributed by atoms with Crippen molar-refractivity contribution in [2.45, 2.75) is 0 Å². The van der Waals surface area contributed by atoms with E-state index in [9.17, 15) is 0 Å². The lowest BCUT2D eigenvalue weighted by molar-refractivity contribution is 0.669. The maximum absolute atomic E-state index is 6.17. The van der Waals surface area contributed by atoms with Gasteiger partial charge in [0.25, 0.3) is 0 Å². The van der Waals surface area contributed by atoms with E-state index in [0.717, 1.165) is 50.1 Å². The fourth-order valence-corrected chi connectivity index (χ4v) is 8.65. The molecule has 2 nitrogen and oxygen atoms in total. The molecule has 11 rings (SSSR count). The van der Waals surface area contributed by atoms with Crippen LogP contribution in [0.25, 0.3) is 88.0 Å². The second-order valence-corrected chi connectivity index (χ2v) is 14.9. The van der Waals surface area contributed by atoms with Crippen LogP contribution in [-0.4, -0.2) is 0 Å². The summed E-state index contributed by atoms with van der Waals surface area (Å²) in [6.45, 7) is 0. The van der Waals surface area contributed by atoms with E-state index in [-0.39, 0.29) is 0 Å². The molecule has 2 heteroatoms. The molecule has 0 unspecified atom stereocenters. The molecule has 0 bridgehead atoms. The molecule has 0 aliphatic heterocycles. The minimum absolute atomic E-state index is 0.899. The van der Waals surface area contributed by atoms with E-state index in [0.29, 0.717) is 0 Å². The van der Waals surface area contributed by atoms with E-state index in [1.165, 1.54) is 54.9 Å². The van der Waals surface area contributed by atoms with Gasteiger partial charge >= 0.3 is 0 Å². The van der Waals surface area contributed by atoms with Gasteiger partial charge < -0.3 is 9.32 Å². The van der Waals surface area contributed by atoms with Crippen LogP contribution in [0.1, 0.15) is 0 Å². The molecular weight excluding hydrogens is 703 g/mol. The lowest BCUT2D eigenvalue weighted by Crippen LogP contribution is -2.10. The van der Waals surface area contributed by atoms with Crippen molar-refractivity contribution < 1.29 is 4.42 Å². The number of nitrogens with zero attached hydrogens (tertiary/aromatic N) is 1. The van der Waals surface area contributed by atoms with Gasteiger partial charge in [0.2, 0.25) is 0 Å². The quantitative estimate of drug-likeness (QED) is 0.151. The van der Waals surface area contributed by atoms with Gasteiger partial charge in [-0.25, -0.2) is 0 Å². The highest BCUT2D eigenvalue weighted by Gasteiger charge is 2.17. The summed E-state index contributed by atoms with van der Waals surface area (Å²) in [4.78, 5) is 2.36. The molecule has 58 heavy (non-hydrogen) atoms. The standard InChI is InChI=1S/C56H37NO/c1-2-12-38(13-3-1)47-17-6-7-18-48(47)40-24-30-44(31-25-40)57(46-16-10-15-42(36-46)43-29-35-56-54(37-43)53-20-8-9-23-55(53)58-56)45-32-26-41(27-33-45)50-21-11-22-51-49-19-5-4-14-39(49)28-34-52(50)51/h1-37H. The third-order valence-electron chi connectivity index (χ3n) is 11.5. The van der Waals surface area contributed by atoms with E-state index in [4.69, 9.17) is 4.42 Å². The van der Waals surface area contributed by atoms with Crippen molar-refractivity contribution in [3.05, 3.63) is 224 Å². The number of fused-ring (bicyclic) bond motifs is 6. The summed E-state index contributed by atoms with van der Waals surface area (Å²) in [5, 5.41) is 7.32. The Balaban J connectivity index is 1.02. The molecule has 0 spiro atoms. The minimum atomic E-state index is 0.899. The highest BCUT2D eigenvalue weighted by Crippen LogP contribution is 2.41. The lowest BCUT2D eigenvalue weighted by atomic mass is 9.94. The molecule has 1 heterocycles. The Bertz CT molecular complexity index is 3270. The van der Waals surface area contributed by atoms with Gasteiger partial charge in [-0.1, -0.05) is 170 Å².